The topological polar surface area (TPSA) is 94.3 Å². The van der Waals surface area contributed by atoms with Crippen molar-refractivity contribution in [1.29, 1.82) is 0 Å². The van der Waals surface area contributed by atoms with Gasteiger partial charge in [0.15, 0.2) is 0 Å². The van der Waals surface area contributed by atoms with Gasteiger partial charge in [-0.1, -0.05) is 30.0 Å². The zero-order valence-electron chi connectivity index (χ0n) is 17.2. The number of oxazole rings is 1. The van der Waals surface area contributed by atoms with Crippen LogP contribution < -0.4 is 10.1 Å². The molecule has 1 aliphatic rings. The maximum absolute atomic E-state index is 11.8. The van der Waals surface area contributed by atoms with E-state index in [4.69, 9.17) is 9.15 Å². The van der Waals surface area contributed by atoms with Crippen LogP contribution in [-0.4, -0.2) is 26.4 Å². The van der Waals surface area contributed by atoms with Crippen LogP contribution in [0.4, 0.5) is 4.79 Å². The number of amides is 2. The Kier molecular flexibility index (Phi) is 5.36. The Hall–Kier alpha value is -3.65. The smallest absolute Gasteiger partial charge is 0.286 e. The summed E-state index contributed by atoms with van der Waals surface area (Å²) in [6.07, 6.45) is 2.19. The molecular weight excluding hydrogens is 426 g/mol. The molecule has 1 unspecified atom stereocenters. The summed E-state index contributed by atoms with van der Waals surface area (Å²) in [7, 11) is 0. The Morgan fingerprint density at radius 2 is 1.97 bits per heavy atom. The molecule has 2 amide bonds. The van der Waals surface area contributed by atoms with Crippen LogP contribution in [0.3, 0.4) is 0 Å². The Balaban J connectivity index is 1.28. The van der Waals surface area contributed by atoms with Gasteiger partial charge in [-0.3, -0.25) is 19.9 Å². The lowest BCUT2D eigenvalue weighted by Gasteiger charge is -2.08. The van der Waals surface area contributed by atoms with E-state index in [2.05, 4.69) is 15.3 Å². The zero-order valence-corrected chi connectivity index (χ0v) is 18.0. The second-order valence-electron chi connectivity index (χ2n) is 7.46. The number of hydrogen-bond donors (Lipinski definition) is 1. The first kappa shape index (κ1) is 20.3. The third-order valence-corrected chi connectivity index (χ3v) is 6.17. The number of carbonyl (C=O) groups is 2. The SMILES string of the molecule is Cc1oc(-c2ccccc2)nc1COc1ccc2cc(CC3SC(=O)NC3=O)cnc2c1. The molecule has 1 fully saturated rings. The van der Waals surface area contributed by atoms with Crippen LogP contribution in [0.5, 0.6) is 5.75 Å². The van der Waals surface area contributed by atoms with E-state index in [0.717, 1.165) is 45.2 Å². The highest BCUT2D eigenvalue weighted by Crippen LogP contribution is 2.26. The molecule has 0 aliphatic carbocycles. The van der Waals surface area contributed by atoms with Crippen molar-refractivity contribution < 1.29 is 18.7 Å². The molecule has 2 aromatic carbocycles. The molecule has 2 aromatic heterocycles. The highest BCUT2D eigenvalue weighted by molar-refractivity contribution is 8.15. The predicted octanol–water partition coefficient (Wildman–Crippen LogP) is 4.67. The molecule has 0 bridgehead atoms. The van der Waals surface area contributed by atoms with Crippen molar-refractivity contribution >= 4 is 33.8 Å². The Bertz CT molecular complexity index is 1320. The van der Waals surface area contributed by atoms with E-state index in [0.29, 0.717) is 18.1 Å². The largest absolute Gasteiger partial charge is 0.487 e. The van der Waals surface area contributed by atoms with Gasteiger partial charge in [0, 0.05) is 23.2 Å². The first-order chi connectivity index (χ1) is 15.5. The van der Waals surface area contributed by atoms with Gasteiger partial charge in [-0.15, -0.1) is 0 Å². The van der Waals surface area contributed by atoms with Gasteiger partial charge in [0.1, 0.15) is 23.8 Å². The summed E-state index contributed by atoms with van der Waals surface area (Å²) in [5, 5.41) is 2.54. The third kappa shape index (κ3) is 4.22. The van der Waals surface area contributed by atoms with Gasteiger partial charge in [-0.2, -0.15) is 0 Å². The van der Waals surface area contributed by atoms with Crippen LogP contribution in [-0.2, 0) is 17.8 Å². The molecular formula is C24H19N3O4S. The molecule has 7 nitrogen and oxygen atoms in total. The molecule has 0 saturated carbocycles. The van der Waals surface area contributed by atoms with E-state index in [1.54, 1.807) is 6.20 Å². The highest BCUT2D eigenvalue weighted by atomic mass is 32.2. The summed E-state index contributed by atoms with van der Waals surface area (Å²) in [4.78, 5) is 32.2. The fourth-order valence-electron chi connectivity index (χ4n) is 3.51. The fraction of sp³-hybridized carbons (Fsp3) is 0.167. The quantitative estimate of drug-likeness (QED) is 0.461. The van der Waals surface area contributed by atoms with Gasteiger partial charge in [0.2, 0.25) is 11.8 Å². The third-order valence-electron chi connectivity index (χ3n) is 5.19. The van der Waals surface area contributed by atoms with Crippen LogP contribution >= 0.6 is 11.8 Å². The van der Waals surface area contributed by atoms with E-state index in [-0.39, 0.29) is 17.8 Å². The highest BCUT2D eigenvalue weighted by Gasteiger charge is 2.31. The van der Waals surface area contributed by atoms with E-state index < -0.39 is 5.25 Å². The minimum atomic E-state index is -0.407. The number of imide groups is 1. The number of nitrogens with zero attached hydrogens (tertiary/aromatic N) is 2. The number of carbonyl (C=O) groups excluding carboxylic acids is 2. The van der Waals surface area contributed by atoms with E-state index in [1.807, 2.05) is 61.5 Å². The fourth-order valence-corrected chi connectivity index (χ4v) is 4.37. The van der Waals surface area contributed by atoms with Gasteiger partial charge in [0.25, 0.3) is 5.24 Å². The zero-order chi connectivity index (χ0) is 22.1. The van der Waals surface area contributed by atoms with Crippen molar-refractivity contribution in [3.05, 3.63) is 77.8 Å². The summed E-state index contributed by atoms with van der Waals surface area (Å²) in [5.41, 5.74) is 3.35. The molecule has 1 aliphatic heterocycles. The summed E-state index contributed by atoms with van der Waals surface area (Å²) >= 11 is 1.02. The molecule has 1 atom stereocenters. The van der Waals surface area contributed by atoms with Gasteiger partial charge in [0.05, 0.1) is 10.8 Å². The van der Waals surface area contributed by atoms with Crippen molar-refractivity contribution in [3.63, 3.8) is 0 Å². The lowest BCUT2D eigenvalue weighted by atomic mass is 10.1. The summed E-state index contributed by atoms with van der Waals surface area (Å²) < 4.78 is 11.7. The number of aryl methyl sites for hydroxylation is 1. The summed E-state index contributed by atoms with van der Waals surface area (Å²) in [6, 6.07) is 17.4. The Morgan fingerprint density at radius 3 is 2.75 bits per heavy atom. The maximum atomic E-state index is 11.8. The van der Waals surface area contributed by atoms with Crippen LogP contribution in [0.25, 0.3) is 22.4 Å². The second-order valence-corrected chi connectivity index (χ2v) is 8.64. The molecule has 5 rings (SSSR count). The predicted molar refractivity (Wildman–Crippen MR) is 121 cm³/mol. The summed E-state index contributed by atoms with van der Waals surface area (Å²) in [5.74, 6) is 1.73. The number of rotatable bonds is 6. The van der Waals surface area contributed by atoms with Crippen molar-refractivity contribution in [2.45, 2.75) is 25.2 Å². The van der Waals surface area contributed by atoms with Gasteiger partial charge >= 0.3 is 0 Å². The number of thioether (sulfide) groups is 1. The van der Waals surface area contributed by atoms with Gasteiger partial charge in [-0.05, 0) is 49.2 Å². The van der Waals surface area contributed by atoms with Crippen molar-refractivity contribution in [1.82, 2.24) is 15.3 Å². The minimum absolute atomic E-state index is 0.248. The monoisotopic (exact) mass is 445 g/mol. The van der Waals surface area contributed by atoms with Gasteiger partial charge < -0.3 is 9.15 Å². The first-order valence-corrected chi connectivity index (χ1v) is 11.0. The molecule has 3 heterocycles. The number of nitrogens with one attached hydrogen (secondary N) is 1. The molecule has 1 saturated heterocycles. The lowest BCUT2D eigenvalue weighted by Crippen LogP contribution is -2.25. The molecule has 32 heavy (non-hydrogen) atoms. The number of ether oxygens (including phenoxy) is 1. The second kappa shape index (κ2) is 8.47. The Morgan fingerprint density at radius 1 is 1.12 bits per heavy atom. The van der Waals surface area contributed by atoms with E-state index in [9.17, 15) is 9.59 Å². The number of aromatic nitrogens is 2. The van der Waals surface area contributed by atoms with Crippen LogP contribution in [0, 0.1) is 6.92 Å². The molecule has 0 spiro atoms. The van der Waals surface area contributed by atoms with Gasteiger partial charge in [-0.25, -0.2) is 4.98 Å². The number of benzene rings is 2. The average molecular weight is 446 g/mol. The van der Waals surface area contributed by atoms with Crippen molar-refractivity contribution in [2.24, 2.45) is 0 Å². The minimum Gasteiger partial charge on any atom is -0.487 e. The number of hydrogen-bond acceptors (Lipinski definition) is 7. The summed E-state index contributed by atoms with van der Waals surface area (Å²) in [6.45, 7) is 2.16. The van der Waals surface area contributed by atoms with Crippen molar-refractivity contribution in [2.75, 3.05) is 0 Å². The normalized spacial score (nSPS) is 15.8. The molecule has 8 heteroatoms. The lowest BCUT2D eigenvalue weighted by molar-refractivity contribution is -0.118. The number of pyridine rings is 1. The first-order valence-electron chi connectivity index (χ1n) is 10.1. The number of fused-ring (bicyclic) bond motifs is 1. The molecule has 0 radical (unpaired) electrons. The molecule has 4 aromatic rings. The molecule has 160 valence electrons. The molecule has 1 N–H and O–H groups in total. The van der Waals surface area contributed by atoms with E-state index in [1.165, 1.54) is 0 Å². The van der Waals surface area contributed by atoms with Crippen molar-refractivity contribution in [3.8, 4) is 17.2 Å². The van der Waals surface area contributed by atoms with Crippen LogP contribution in [0.2, 0.25) is 0 Å². The van der Waals surface area contributed by atoms with E-state index >= 15 is 0 Å². The van der Waals surface area contributed by atoms with Crippen LogP contribution in [0.1, 0.15) is 17.0 Å². The van der Waals surface area contributed by atoms with Crippen LogP contribution in [0.15, 0.2) is 65.2 Å². The maximum Gasteiger partial charge on any atom is 0.286 e. The Labute approximate surface area is 188 Å². The standard InChI is InChI=1S/C24H19N3O4S/c1-14-20(26-23(31-14)16-5-3-2-4-6-16)13-30-18-8-7-17-9-15(12-25-19(17)11-18)10-21-22(28)27-24(29)32-21/h2-9,11-12,21H,10,13H2,1H3,(H,27,28,29). The average Bonchev–Trinajstić information content (AvgIpc) is 3.33.